The number of benzene rings is 1. The fourth-order valence-electron chi connectivity index (χ4n) is 2.67. The first-order chi connectivity index (χ1) is 10.1. The molecule has 0 aliphatic heterocycles. The van der Waals surface area contributed by atoms with E-state index in [1.54, 1.807) is 0 Å². The van der Waals surface area contributed by atoms with Gasteiger partial charge in [0.05, 0.1) is 11.4 Å². The van der Waals surface area contributed by atoms with Crippen molar-refractivity contribution in [3.63, 3.8) is 0 Å². The highest BCUT2D eigenvalue weighted by atomic mass is 15.3. The van der Waals surface area contributed by atoms with Crippen LogP contribution in [0.1, 0.15) is 42.3 Å². The molecular formula is C18H27N3. The lowest BCUT2D eigenvalue weighted by Gasteiger charge is -2.06. The topological polar surface area (TPSA) is 29.9 Å². The number of rotatable bonds is 7. The van der Waals surface area contributed by atoms with Crippen LogP contribution in [0.3, 0.4) is 0 Å². The van der Waals surface area contributed by atoms with Crippen molar-refractivity contribution in [2.24, 2.45) is 0 Å². The quantitative estimate of drug-likeness (QED) is 0.786. The molecule has 114 valence electrons. The molecule has 0 amide bonds. The average molecular weight is 285 g/mol. The van der Waals surface area contributed by atoms with Crippen LogP contribution in [0.15, 0.2) is 24.3 Å². The van der Waals surface area contributed by atoms with Crippen LogP contribution in [0.2, 0.25) is 0 Å². The van der Waals surface area contributed by atoms with Gasteiger partial charge in [-0.1, -0.05) is 24.6 Å². The Labute approximate surface area is 128 Å². The van der Waals surface area contributed by atoms with Gasteiger partial charge < -0.3 is 5.32 Å². The van der Waals surface area contributed by atoms with Crippen LogP contribution < -0.4 is 5.32 Å². The van der Waals surface area contributed by atoms with E-state index in [4.69, 9.17) is 5.10 Å². The molecule has 1 N–H and O–H groups in total. The van der Waals surface area contributed by atoms with Gasteiger partial charge >= 0.3 is 0 Å². The van der Waals surface area contributed by atoms with E-state index in [1.807, 2.05) is 0 Å². The number of nitrogens with one attached hydrogen (secondary N) is 1. The minimum absolute atomic E-state index is 1.09. The van der Waals surface area contributed by atoms with E-state index in [0.29, 0.717) is 0 Å². The minimum Gasteiger partial charge on any atom is -0.317 e. The van der Waals surface area contributed by atoms with Crippen LogP contribution >= 0.6 is 0 Å². The molecule has 1 aromatic carbocycles. The van der Waals surface area contributed by atoms with Gasteiger partial charge in [0.1, 0.15) is 0 Å². The number of hydrogen-bond acceptors (Lipinski definition) is 2. The second-order valence-corrected chi connectivity index (χ2v) is 5.75. The molecule has 1 heterocycles. The van der Waals surface area contributed by atoms with Crippen LogP contribution in [-0.2, 0) is 6.42 Å². The van der Waals surface area contributed by atoms with Crippen molar-refractivity contribution in [2.45, 2.75) is 47.0 Å². The fourth-order valence-corrected chi connectivity index (χ4v) is 2.67. The summed E-state index contributed by atoms with van der Waals surface area (Å²) in [4.78, 5) is 0. The third-order valence-corrected chi connectivity index (χ3v) is 3.93. The molecule has 3 nitrogen and oxygen atoms in total. The van der Waals surface area contributed by atoms with Gasteiger partial charge in [0, 0.05) is 5.69 Å². The third kappa shape index (κ3) is 3.94. The molecule has 2 aromatic rings. The minimum atomic E-state index is 1.09. The van der Waals surface area contributed by atoms with Crippen molar-refractivity contribution < 1.29 is 0 Å². The van der Waals surface area contributed by atoms with Crippen LogP contribution in [0.25, 0.3) is 5.69 Å². The first kappa shape index (κ1) is 15.8. The molecule has 0 saturated heterocycles. The van der Waals surface area contributed by atoms with E-state index in [0.717, 1.165) is 30.9 Å². The molecular weight excluding hydrogens is 258 g/mol. The maximum Gasteiger partial charge on any atom is 0.0649 e. The van der Waals surface area contributed by atoms with E-state index in [1.165, 1.54) is 29.7 Å². The largest absolute Gasteiger partial charge is 0.317 e. The lowest BCUT2D eigenvalue weighted by atomic mass is 10.1. The molecule has 0 saturated carbocycles. The summed E-state index contributed by atoms with van der Waals surface area (Å²) < 4.78 is 2.07. The first-order valence-electron chi connectivity index (χ1n) is 7.96. The molecule has 0 unspecified atom stereocenters. The third-order valence-electron chi connectivity index (χ3n) is 3.93. The summed E-state index contributed by atoms with van der Waals surface area (Å²) in [5.74, 6) is 0. The zero-order chi connectivity index (χ0) is 15.2. The molecule has 0 aliphatic rings. The molecule has 21 heavy (non-hydrogen) atoms. The van der Waals surface area contributed by atoms with Crippen molar-refractivity contribution in [3.8, 4) is 5.69 Å². The van der Waals surface area contributed by atoms with Gasteiger partial charge in [-0.3, -0.25) is 0 Å². The van der Waals surface area contributed by atoms with E-state index in [-0.39, 0.29) is 0 Å². The Hall–Kier alpha value is -1.61. The van der Waals surface area contributed by atoms with E-state index in [2.05, 4.69) is 62.0 Å². The molecule has 0 radical (unpaired) electrons. The summed E-state index contributed by atoms with van der Waals surface area (Å²) in [6, 6.07) is 8.56. The van der Waals surface area contributed by atoms with Crippen molar-refractivity contribution in [3.05, 3.63) is 46.8 Å². The molecule has 3 heteroatoms. The second-order valence-electron chi connectivity index (χ2n) is 5.75. The van der Waals surface area contributed by atoms with Gasteiger partial charge in [0.2, 0.25) is 0 Å². The smallest absolute Gasteiger partial charge is 0.0649 e. The molecule has 0 fully saturated rings. The molecule has 0 spiro atoms. The van der Waals surface area contributed by atoms with Crippen LogP contribution in [0.4, 0.5) is 0 Å². The lowest BCUT2D eigenvalue weighted by Crippen LogP contribution is -2.16. The Balaban J connectivity index is 2.08. The van der Waals surface area contributed by atoms with Crippen LogP contribution in [-0.4, -0.2) is 22.9 Å². The summed E-state index contributed by atoms with van der Waals surface area (Å²) in [6.45, 7) is 10.8. The molecule has 1 aromatic heterocycles. The van der Waals surface area contributed by atoms with Crippen molar-refractivity contribution in [1.29, 1.82) is 0 Å². The van der Waals surface area contributed by atoms with E-state index in [9.17, 15) is 0 Å². The predicted molar refractivity (Wildman–Crippen MR) is 89.3 cm³/mol. The van der Waals surface area contributed by atoms with Crippen molar-refractivity contribution in [2.75, 3.05) is 13.1 Å². The highest BCUT2D eigenvalue weighted by Gasteiger charge is 2.12. The Morgan fingerprint density at radius 3 is 2.43 bits per heavy atom. The molecule has 0 aliphatic carbocycles. The summed E-state index contributed by atoms with van der Waals surface area (Å²) >= 11 is 0. The second kappa shape index (κ2) is 7.41. The lowest BCUT2D eigenvalue weighted by molar-refractivity contribution is 0.638. The first-order valence-corrected chi connectivity index (χ1v) is 7.96. The Kier molecular flexibility index (Phi) is 5.57. The summed E-state index contributed by atoms with van der Waals surface area (Å²) in [7, 11) is 0. The number of nitrogens with zero attached hydrogens (tertiary/aromatic N) is 2. The van der Waals surface area contributed by atoms with Gasteiger partial charge in [-0.2, -0.15) is 5.10 Å². The fraction of sp³-hybridized carbons (Fsp3) is 0.500. The van der Waals surface area contributed by atoms with Gasteiger partial charge in [0.25, 0.3) is 0 Å². The molecule has 0 bridgehead atoms. The Morgan fingerprint density at radius 1 is 1.05 bits per heavy atom. The summed E-state index contributed by atoms with van der Waals surface area (Å²) in [5.41, 5.74) is 6.25. The van der Waals surface area contributed by atoms with Crippen LogP contribution in [0.5, 0.6) is 0 Å². The Bertz CT molecular complexity index is 567. The summed E-state index contributed by atoms with van der Waals surface area (Å²) in [5, 5.41) is 8.18. The van der Waals surface area contributed by atoms with Gasteiger partial charge in [-0.25, -0.2) is 4.68 Å². The summed E-state index contributed by atoms with van der Waals surface area (Å²) in [6.07, 6.45) is 3.46. The zero-order valence-electron chi connectivity index (χ0n) is 13.7. The molecule has 2 rings (SSSR count). The standard InChI is InChI=1S/C18H27N3/c1-5-12-19-13-6-7-18-15(3)20-21(16(18)4)17-10-8-14(2)9-11-17/h8-11,19H,5-7,12-13H2,1-4H3. The SMILES string of the molecule is CCCNCCCc1c(C)nn(-c2ccc(C)cc2)c1C. The van der Waals surface area contributed by atoms with E-state index >= 15 is 0 Å². The maximum absolute atomic E-state index is 4.72. The predicted octanol–water partition coefficient (Wildman–Crippen LogP) is 3.73. The number of hydrogen-bond donors (Lipinski definition) is 1. The number of aromatic nitrogens is 2. The Morgan fingerprint density at radius 2 is 1.76 bits per heavy atom. The van der Waals surface area contributed by atoms with Crippen molar-refractivity contribution >= 4 is 0 Å². The van der Waals surface area contributed by atoms with Crippen molar-refractivity contribution in [1.82, 2.24) is 15.1 Å². The maximum atomic E-state index is 4.72. The van der Waals surface area contributed by atoms with Gasteiger partial charge in [-0.15, -0.1) is 0 Å². The van der Waals surface area contributed by atoms with Gasteiger partial charge in [-0.05, 0) is 70.8 Å². The molecule has 0 atom stereocenters. The highest BCUT2D eigenvalue weighted by Crippen LogP contribution is 2.19. The van der Waals surface area contributed by atoms with Gasteiger partial charge in [0.15, 0.2) is 0 Å². The highest BCUT2D eigenvalue weighted by molar-refractivity contribution is 5.38. The normalized spacial score (nSPS) is 11.0. The monoisotopic (exact) mass is 285 g/mol. The van der Waals surface area contributed by atoms with Crippen LogP contribution in [0, 0.1) is 20.8 Å². The number of aryl methyl sites for hydroxylation is 2. The average Bonchev–Trinajstić information content (AvgIpc) is 2.75. The zero-order valence-corrected chi connectivity index (χ0v) is 13.7. The van der Waals surface area contributed by atoms with E-state index < -0.39 is 0 Å².